The van der Waals surface area contributed by atoms with Crippen molar-refractivity contribution in [1.82, 2.24) is 10.2 Å². The summed E-state index contributed by atoms with van der Waals surface area (Å²) in [4.78, 5) is 28.3. The molecule has 0 heterocycles. The van der Waals surface area contributed by atoms with Gasteiger partial charge in [-0.3, -0.25) is 13.9 Å². The van der Waals surface area contributed by atoms with Crippen LogP contribution in [-0.4, -0.2) is 43.8 Å². The Labute approximate surface area is 220 Å². The number of hydrogen-bond acceptors (Lipinski definition) is 4. The first kappa shape index (κ1) is 27.9. The molecular weight excluding hydrogens is 486 g/mol. The lowest BCUT2D eigenvalue weighted by Crippen LogP contribution is -2.52. The summed E-state index contributed by atoms with van der Waals surface area (Å²) < 4.78 is 28.6. The third-order valence-corrected chi connectivity index (χ3v) is 7.75. The van der Waals surface area contributed by atoms with Crippen molar-refractivity contribution < 1.29 is 18.0 Å². The number of nitrogens with zero attached hydrogens (tertiary/aromatic N) is 2. The van der Waals surface area contributed by atoms with Gasteiger partial charge in [-0.25, -0.2) is 8.42 Å². The molecule has 0 fully saturated rings. The summed E-state index contributed by atoms with van der Waals surface area (Å²) >= 11 is 0. The standard InChI is InChI=1S/C29H35N3O4S/c1-21(2)30-29(34)24(5)31(19-25-11-9-10-23(4)18-25)28(33)20-32(26-12-7-6-8-13-26)37(35,36)27-16-14-22(3)15-17-27/h6-18,21,24H,19-20H2,1-5H3,(H,30,34)/t24-/m0/s1. The average Bonchev–Trinajstić information content (AvgIpc) is 2.85. The Bertz CT molecular complexity index is 1320. The zero-order valence-corrected chi connectivity index (χ0v) is 22.8. The van der Waals surface area contributed by atoms with Gasteiger partial charge >= 0.3 is 0 Å². The number of para-hydroxylation sites is 1. The SMILES string of the molecule is Cc1ccc(S(=O)(=O)N(CC(=O)N(Cc2cccc(C)c2)[C@@H](C)C(=O)NC(C)C)c2ccccc2)cc1. The monoisotopic (exact) mass is 521 g/mol. The van der Waals surface area contributed by atoms with Gasteiger partial charge in [0.25, 0.3) is 10.0 Å². The van der Waals surface area contributed by atoms with E-state index in [1.54, 1.807) is 49.4 Å². The molecule has 1 N–H and O–H groups in total. The van der Waals surface area contributed by atoms with Gasteiger partial charge in [-0.2, -0.15) is 0 Å². The predicted molar refractivity (Wildman–Crippen MR) is 147 cm³/mol. The van der Waals surface area contributed by atoms with Crippen LogP contribution in [0.1, 0.15) is 37.5 Å². The van der Waals surface area contributed by atoms with Gasteiger partial charge < -0.3 is 10.2 Å². The van der Waals surface area contributed by atoms with Gasteiger partial charge in [-0.15, -0.1) is 0 Å². The summed E-state index contributed by atoms with van der Waals surface area (Å²) in [7, 11) is -4.06. The third-order valence-electron chi connectivity index (χ3n) is 5.97. The number of nitrogens with one attached hydrogen (secondary N) is 1. The van der Waals surface area contributed by atoms with Crippen LogP contribution < -0.4 is 9.62 Å². The maximum atomic E-state index is 13.8. The Kier molecular flexibility index (Phi) is 9.10. The highest BCUT2D eigenvalue weighted by molar-refractivity contribution is 7.92. The molecule has 7 nitrogen and oxygen atoms in total. The minimum atomic E-state index is -4.06. The topological polar surface area (TPSA) is 86.8 Å². The van der Waals surface area contributed by atoms with Crippen molar-refractivity contribution in [1.29, 1.82) is 0 Å². The number of amides is 2. The molecule has 0 radical (unpaired) electrons. The molecular formula is C29H35N3O4S. The van der Waals surface area contributed by atoms with E-state index >= 15 is 0 Å². The molecule has 37 heavy (non-hydrogen) atoms. The average molecular weight is 522 g/mol. The van der Waals surface area contributed by atoms with Gasteiger partial charge in [0.2, 0.25) is 11.8 Å². The Hall–Kier alpha value is -3.65. The normalized spacial score (nSPS) is 12.2. The number of hydrogen-bond donors (Lipinski definition) is 1. The van der Waals surface area contributed by atoms with Crippen molar-refractivity contribution in [3.05, 3.63) is 95.6 Å². The Morgan fingerprint density at radius 3 is 2.08 bits per heavy atom. The largest absolute Gasteiger partial charge is 0.352 e. The van der Waals surface area contributed by atoms with Gasteiger partial charge in [-0.05, 0) is 64.4 Å². The van der Waals surface area contributed by atoms with Gasteiger partial charge in [0, 0.05) is 12.6 Å². The first-order valence-corrected chi connectivity index (χ1v) is 13.7. The molecule has 0 aliphatic rings. The van der Waals surface area contributed by atoms with Crippen molar-refractivity contribution in [3.8, 4) is 0 Å². The third kappa shape index (κ3) is 7.20. The van der Waals surface area contributed by atoms with E-state index in [4.69, 9.17) is 0 Å². The molecule has 0 aliphatic heterocycles. The van der Waals surface area contributed by atoms with Crippen molar-refractivity contribution >= 4 is 27.5 Å². The van der Waals surface area contributed by atoms with E-state index in [-0.39, 0.29) is 23.4 Å². The van der Waals surface area contributed by atoms with Gasteiger partial charge in [0.05, 0.1) is 10.6 Å². The van der Waals surface area contributed by atoms with Crippen molar-refractivity contribution in [2.24, 2.45) is 0 Å². The van der Waals surface area contributed by atoms with Crippen molar-refractivity contribution in [3.63, 3.8) is 0 Å². The number of carbonyl (C=O) groups is 2. The molecule has 0 unspecified atom stereocenters. The van der Waals surface area contributed by atoms with Crippen molar-refractivity contribution in [2.75, 3.05) is 10.8 Å². The molecule has 3 aromatic rings. The molecule has 3 rings (SSSR count). The molecule has 2 amide bonds. The maximum Gasteiger partial charge on any atom is 0.264 e. The molecule has 0 saturated heterocycles. The molecule has 0 aliphatic carbocycles. The van der Waals surface area contributed by atoms with E-state index in [1.807, 2.05) is 52.0 Å². The number of benzene rings is 3. The quantitative estimate of drug-likeness (QED) is 0.427. The van der Waals surface area contributed by atoms with Crippen LogP contribution in [0.25, 0.3) is 0 Å². The smallest absolute Gasteiger partial charge is 0.264 e. The molecule has 0 saturated carbocycles. The van der Waals surface area contributed by atoms with Crippen LogP contribution in [-0.2, 0) is 26.2 Å². The minimum Gasteiger partial charge on any atom is -0.352 e. The summed E-state index contributed by atoms with van der Waals surface area (Å²) in [5, 5.41) is 2.86. The van der Waals surface area contributed by atoms with Crippen LogP contribution in [0.3, 0.4) is 0 Å². The van der Waals surface area contributed by atoms with E-state index < -0.39 is 28.5 Å². The second-order valence-electron chi connectivity index (χ2n) is 9.51. The summed E-state index contributed by atoms with van der Waals surface area (Å²) in [6.45, 7) is 8.90. The predicted octanol–water partition coefficient (Wildman–Crippen LogP) is 4.44. The molecule has 196 valence electrons. The van der Waals surface area contributed by atoms with E-state index in [9.17, 15) is 18.0 Å². The maximum absolute atomic E-state index is 13.8. The van der Waals surface area contributed by atoms with Crippen LogP contribution in [0.4, 0.5) is 5.69 Å². The van der Waals surface area contributed by atoms with E-state index in [1.165, 1.54) is 17.0 Å². The summed E-state index contributed by atoms with van der Waals surface area (Å²) in [6.07, 6.45) is 0. The van der Waals surface area contributed by atoms with Crippen LogP contribution in [0, 0.1) is 13.8 Å². The molecule has 0 bridgehead atoms. The van der Waals surface area contributed by atoms with Gasteiger partial charge in [-0.1, -0.05) is 65.7 Å². The second-order valence-corrected chi connectivity index (χ2v) is 11.4. The molecule has 8 heteroatoms. The summed E-state index contributed by atoms with van der Waals surface area (Å²) in [5.74, 6) is -0.781. The van der Waals surface area contributed by atoms with E-state index in [2.05, 4.69) is 5.32 Å². The van der Waals surface area contributed by atoms with E-state index in [0.29, 0.717) is 5.69 Å². The zero-order chi connectivity index (χ0) is 27.2. The first-order valence-electron chi connectivity index (χ1n) is 12.3. The lowest BCUT2D eigenvalue weighted by atomic mass is 10.1. The summed E-state index contributed by atoms with van der Waals surface area (Å²) in [6, 6.07) is 21.8. The Balaban J connectivity index is 2.00. The van der Waals surface area contributed by atoms with Crippen LogP contribution in [0.5, 0.6) is 0 Å². The highest BCUT2D eigenvalue weighted by atomic mass is 32.2. The fraction of sp³-hybridized carbons (Fsp3) is 0.310. The number of sulfonamides is 1. The molecule has 1 atom stereocenters. The van der Waals surface area contributed by atoms with Gasteiger partial charge in [0.15, 0.2) is 0 Å². The van der Waals surface area contributed by atoms with Gasteiger partial charge in [0.1, 0.15) is 12.6 Å². The van der Waals surface area contributed by atoms with Crippen molar-refractivity contribution in [2.45, 2.75) is 58.1 Å². The highest BCUT2D eigenvalue weighted by Crippen LogP contribution is 2.24. The van der Waals surface area contributed by atoms with Crippen LogP contribution in [0.15, 0.2) is 83.8 Å². The fourth-order valence-corrected chi connectivity index (χ4v) is 5.37. The lowest BCUT2D eigenvalue weighted by Gasteiger charge is -2.32. The highest BCUT2D eigenvalue weighted by Gasteiger charge is 2.32. The number of rotatable bonds is 10. The zero-order valence-electron chi connectivity index (χ0n) is 22.0. The molecule has 0 spiro atoms. The Morgan fingerprint density at radius 1 is 0.838 bits per heavy atom. The fourth-order valence-electron chi connectivity index (χ4n) is 3.96. The number of anilines is 1. The number of carbonyl (C=O) groups excluding carboxylic acids is 2. The van der Waals surface area contributed by atoms with Crippen LogP contribution >= 0.6 is 0 Å². The Morgan fingerprint density at radius 2 is 1.49 bits per heavy atom. The molecule has 0 aromatic heterocycles. The lowest BCUT2D eigenvalue weighted by molar-refractivity contribution is -0.139. The second kappa shape index (κ2) is 12.1. The minimum absolute atomic E-state index is 0.0885. The first-order chi connectivity index (χ1) is 17.5. The molecule has 3 aromatic carbocycles. The number of aryl methyl sites for hydroxylation is 2. The van der Waals surface area contributed by atoms with E-state index in [0.717, 1.165) is 21.0 Å². The summed E-state index contributed by atoms with van der Waals surface area (Å²) in [5.41, 5.74) is 3.17. The van der Waals surface area contributed by atoms with Crippen LogP contribution in [0.2, 0.25) is 0 Å².